The fourth-order valence-electron chi connectivity index (χ4n) is 4.14. The standard InChI is InChI=1S/C23H30N6.HI/c1-24-23(25-14-7-11-22-27-26-21-10-5-6-15-29(21)22)28-16-12-20(13-17-28)18-19-8-3-2-4-9-19;/h2-6,8-10,15,20H,7,11-14,16-18H2,1H3,(H,24,25);1H. The Balaban J connectivity index is 0.00000256. The fraction of sp³-hybridized carbons (Fsp3) is 0.435. The maximum atomic E-state index is 4.50. The molecule has 1 N–H and O–H groups in total. The quantitative estimate of drug-likeness (QED) is 0.234. The van der Waals surface area contributed by atoms with E-state index < -0.39 is 0 Å². The Bertz CT molecular complexity index is 931. The van der Waals surface area contributed by atoms with Gasteiger partial charge in [-0.2, -0.15) is 0 Å². The molecule has 4 rings (SSSR count). The van der Waals surface area contributed by atoms with E-state index in [0.717, 1.165) is 55.8 Å². The zero-order chi connectivity index (χ0) is 19.9. The third-order valence-corrected chi connectivity index (χ3v) is 5.74. The van der Waals surface area contributed by atoms with Gasteiger partial charge in [-0.3, -0.25) is 9.39 Å². The number of aliphatic imine (C=N–C) groups is 1. The van der Waals surface area contributed by atoms with Gasteiger partial charge >= 0.3 is 0 Å². The summed E-state index contributed by atoms with van der Waals surface area (Å²) in [5.74, 6) is 2.81. The van der Waals surface area contributed by atoms with E-state index in [0.29, 0.717) is 0 Å². The molecule has 160 valence electrons. The number of likely N-dealkylation sites (tertiary alicyclic amines) is 1. The smallest absolute Gasteiger partial charge is 0.193 e. The molecule has 0 aliphatic carbocycles. The van der Waals surface area contributed by atoms with Crippen LogP contribution in [-0.2, 0) is 12.8 Å². The first-order chi connectivity index (χ1) is 14.3. The first-order valence-corrected chi connectivity index (χ1v) is 10.6. The van der Waals surface area contributed by atoms with E-state index >= 15 is 0 Å². The third kappa shape index (κ3) is 5.71. The molecule has 1 aliphatic heterocycles. The summed E-state index contributed by atoms with van der Waals surface area (Å²) in [4.78, 5) is 6.90. The summed E-state index contributed by atoms with van der Waals surface area (Å²) in [6.45, 7) is 3.04. The second kappa shape index (κ2) is 11.3. The van der Waals surface area contributed by atoms with Crippen molar-refractivity contribution >= 4 is 35.6 Å². The minimum absolute atomic E-state index is 0. The molecule has 1 aromatic carbocycles. The number of piperidine rings is 1. The molecule has 1 aliphatic rings. The van der Waals surface area contributed by atoms with Gasteiger partial charge in [0.2, 0.25) is 0 Å². The number of halogens is 1. The van der Waals surface area contributed by atoms with Crippen LogP contribution in [0.1, 0.15) is 30.7 Å². The van der Waals surface area contributed by atoms with Crippen LogP contribution in [0.3, 0.4) is 0 Å². The number of aromatic nitrogens is 3. The number of benzene rings is 1. The van der Waals surface area contributed by atoms with E-state index in [4.69, 9.17) is 0 Å². The second-order valence-electron chi connectivity index (χ2n) is 7.74. The predicted octanol–water partition coefficient (Wildman–Crippen LogP) is 3.81. The van der Waals surface area contributed by atoms with Gasteiger partial charge in [0.15, 0.2) is 11.6 Å². The Hall–Kier alpha value is -2.16. The van der Waals surface area contributed by atoms with Gasteiger partial charge in [0.05, 0.1) is 0 Å². The normalized spacial score (nSPS) is 15.2. The van der Waals surface area contributed by atoms with Gasteiger partial charge in [-0.15, -0.1) is 34.2 Å². The number of nitrogens with zero attached hydrogens (tertiary/aromatic N) is 5. The average Bonchev–Trinajstić information content (AvgIpc) is 3.18. The Labute approximate surface area is 195 Å². The van der Waals surface area contributed by atoms with E-state index in [1.54, 1.807) is 0 Å². The van der Waals surface area contributed by atoms with Gasteiger partial charge in [-0.1, -0.05) is 36.4 Å². The van der Waals surface area contributed by atoms with Crippen LogP contribution >= 0.6 is 24.0 Å². The molecule has 0 saturated carbocycles. The van der Waals surface area contributed by atoms with Crippen molar-refractivity contribution in [1.29, 1.82) is 0 Å². The number of rotatable bonds is 6. The maximum Gasteiger partial charge on any atom is 0.193 e. The van der Waals surface area contributed by atoms with Crippen molar-refractivity contribution in [2.24, 2.45) is 10.9 Å². The summed E-state index contributed by atoms with van der Waals surface area (Å²) in [6.07, 6.45) is 7.56. The zero-order valence-electron chi connectivity index (χ0n) is 17.6. The number of hydrogen-bond acceptors (Lipinski definition) is 3. The van der Waals surface area contributed by atoms with Crippen molar-refractivity contribution < 1.29 is 0 Å². The lowest BCUT2D eigenvalue weighted by Gasteiger charge is -2.34. The van der Waals surface area contributed by atoms with Gasteiger partial charge in [0.1, 0.15) is 5.82 Å². The zero-order valence-corrected chi connectivity index (χ0v) is 19.9. The number of guanidine groups is 1. The van der Waals surface area contributed by atoms with Crippen LogP contribution in [0, 0.1) is 5.92 Å². The van der Waals surface area contributed by atoms with Crippen molar-refractivity contribution in [2.45, 2.75) is 32.1 Å². The fourth-order valence-corrected chi connectivity index (χ4v) is 4.14. The summed E-state index contributed by atoms with van der Waals surface area (Å²) < 4.78 is 2.06. The molecule has 3 aromatic rings. The van der Waals surface area contributed by atoms with Crippen molar-refractivity contribution in [1.82, 2.24) is 24.8 Å². The van der Waals surface area contributed by atoms with Crippen LogP contribution in [-0.4, -0.2) is 52.1 Å². The highest BCUT2D eigenvalue weighted by molar-refractivity contribution is 14.0. The molecule has 0 atom stereocenters. The van der Waals surface area contributed by atoms with Gasteiger partial charge in [-0.05, 0) is 49.3 Å². The molecule has 0 unspecified atom stereocenters. The Morgan fingerprint density at radius 3 is 2.60 bits per heavy atom. The van der Waals surface area contributed by atoms with E-state index in [2.05, 4.69) is 60.1 Å². The van der Waals surface area contributed by atoms with Crippen molar-refractivity contribution in [3.8, 4) is 0 Å². The number of pyridine rings is 1. The van der Waals surface area contributed by atoms with Gasteiger partial charge < -0.3 is 10.2 Å². The Morgan fingerprint density at radius 2 is 1.83 bits per heavy atom. The van der Waals surface area contributed by atoms with Crippen molar-refractivity contribution in [3.63, 3.8) is 0 Å². The Morgan fingerprint density at radius 1 is 1.07 bits per heavy atom. The molecule has 1 fully saturated rings. The van der Waals surface area contributed by atoms with Crippen LogP contribution in [0.4, 0.5) is 0 Å². The van der Waals surface area contributed by atoms with Crippen molar-refractivity contribution in [3.05, 3.63) is 66.1 Å². The largest absolute Gasteiger partial charge is 0.356 e. The molecule has 0 amide bonds. The monoisotopic (exact) mass is 518 g/mol. The van der Waals surface area contributed by atoms with Gasteiger partial charge in [0.25, 0.3) is 0 Å². The molecule has 2 aromatic heterocycles. The number of fused-ring (bicyclic) bond motifs is 1. The van der Waals surface area contributed by atoms with E-state index in [9.17, 15) is 0 Å². The minimum atomic E-state index is 0. The highest BCUT2D eigenvalue weighted by atomic mass is 127. The highest BCUT2D eigenvalue weighted by Gasteiger charge is 2.21. The lowest BCUT2D eigenvalue weighted by Crippen LogP contribution is -2.46. The molecule has 0 bridgehead atoms. The van der Waals surface area contributed by atoms with E-state index in [-0.39, 0.29) is 24.0 Å². The lowest BCUT2D eigenvalue weighted by molar-refractivity contribution is 0.259. The predicted molar refractivity (Wildman–Crippen MR) is 133 cm³/mol. The maximum absolute atomic E-state index is 4.50. The first-order valence-electron chi connectivity index (χ1n) is 10.6. The first kappa shape index (κ1) is 22.5. The van der Waals surface area contributed by atoms with Crippen LogP contribution in [0.5, 0.6) is 0 Å². The number of aryl methyl sites for hydroxylation is 1. The molecule has 3 heterocycles. The summed E-state index contributed by atoms with van der Waals surface area (Å²) in [7, 11) is 1.88. The van der Waals surface area contributed by atoms with Crippen molar-refractivity contribution in [2.75, 3.05) is 26.7 Å². The molecule has 1 saturated heterocycles. The molecular weight excluding hydrogens is 487 g/mol. The molecule has 7 heteroatoms. The van der Waals surface area contributed by atoms with Gasteiger partial charge in [-0.25, -0.2) is 0 Å². The highest BCUT2D eigenvalue weighted by Crippen LogP contribution is 2.21. The van der Waals surface area contributed by atoms with E-state index in [1.165, 1.54) is 24.8 Å². The summed E-state index contributed by atoms with van der Waals surface area (Å²) in [5, 5.41) is 12.1. The summed E-state index contributed by atoms with van der Waals surface area (Å²) in [5.41, 5.74) is 2.36. The van der Waals surface area contributed by atoms with Gasteiger partial charge in [0, 0.05) is 39.3 Å². The average molecular weight is 518 g/mol. The molecule has 0 radical (unpaired) electrons. The van der Waals surface area contributed by atoms with Crippen LogP contribution in [0.2, 0.25) is 0 Å². The lowest BCUT2D eigenvalue weighted by atomic mass is 9.90. The van der Waals surface area contributed by atoms with Crippen LogP contribution in [0.25, 0.3) is 5.65 Å². The van der Waals surface area contributed by atoms with E-state index in [1.807, 2.05) is 31.4 Å². The molecule has 6 nitrogen and oxygen atoms in total. The minimum Gasteiger partial charge on any atom is -0.356 e. The second-order valence-corrected chi connectivity index (χ2v) is 7.74. The topological polar surface area (TPSA) is 57.8 Å². The number of hydrogen-bond donors (Lipinski definition) is 1. The molecule has 30 heavy (non-hydrogen) atoms. The summed E-state index contributed by atoms with van der Waals surface area (Å²) >= 11 is 0. The summed E-state index contributed by atoms with van der Waals surface area (Å²) in [6, 6.07) is 16.8. The van der Waals surface area contributed by atoms with Crippen LogP contribution < -0.4 is 5.32 Å². The number of nitrogens with one attached hydrogen (secondary N) is 1. The van der Waals surface area contributed by atoms with Crippen LogP contribution in [0.15, 0.2) is 59.7 Å². The molecule has 0 spiro atoms. The third-order valence-electron chi connectivity index (χ3n) is 5.74. The SMILES string of the molecule is CN=C(NCCCc1nnc2ccccn12)N1CCC(Cc2ccccc2)CC1.I. The molecular formula is C23H31IN6. The Kier molecular flexibility index (Phi) is 8.48.